The summed E-state index contributed by atoms with van der Waals surface area (Å²) in [6, 6.07) is 9.28. The number of benzene rings is 2. The molecule has 0 aliphatic rings. The second-order valence-corrected chi connectivity index (χ2v) is 7.56. The topological polar surface area (TPSA) is 36.4 Å². The van der Waals surface area contributed by atoms with Crippen molar-refractivity contribution in [3.05, 3.63) is 59.2 Å². The van der Waals surface area contributed by atoms with E-state index < -0.39 is 23.1 Å². The van der Waals surface area contributed by atoms with Crippen molar-refractivity contribution in [2.24, 2.45) is 0 Å². The molecule has 3 aromatic rings. The maximum Gasteiger partial charge on any atom is 0.266 e. The van der Waals surface area contributed by atoms with E-state index in [2.05, 4.69) is 9.88 Å². The van der Waals surface area contributed by atoms with E-state index in [1.54, 1.807) is 0 Å². The molecule has 0 saturated carbocycles. The molecule has 0 aliphatic heterocycles. The van der Waals surface area contributed by atoms with Gasteiger partial charge in [0, 0.05) is 13.1 Å². The Balaban J connectivity index is 2.01. The summed E-state index contributed by atoms with van der Waals surface area (Å²) in [6.07, 6.45) is 0. The van der Waals surface area contributed by atoms with Crippen molar-refractivity contribution in [2.45, 2.75) is 20.8 Å². The van der Waals surface area contributed by atoms with Gasteiger partial charge in [0.25, 0.3) is 5.91 Å². The molecule has 0 saturated heterocycles. The summed E-state index contributed by atoms with van der Waals surface area (Å²) >= 11 is 1.35. The van der Waals surface area contributed by atoms with Crippen molar-refractivity contribution in [2.75, 3.05) is 31.1 Å². The second kappa shape index (κ2) is 8.75. The van der Waals surface area contributed by atoms with Crippen LogP contribution in [0.25, 0.3) is 10.2 Å². The highest BCUT2D eigenvalue weighted by Gasteiger charge is 2.26. The summed E-state index contributed by atoms with van der Waals surface area (Å²) in [5, 5.41) is 0.445. The van der Waals surface area contributed by atoms with Gasteiger partial charge in [0.15, 0.2) is 5.13 Å². The third kappa shape index (κ3) is 4.20. The number of amides is 1. The number of fused-ring (bicyclic) bond motifs is 1. The molecule has 1 amide bonds. The Morgan fingerprint density at radius 1 is 1.07 bits per heavy atom. The first-order valence-corrected chi connectivity index (χ1v) is 10.1. The molecule has 148 valence electrons. The number of aryl methyl sites for hydroxylation is 1. The van der Waals surface area contributed by atoms with Crippen LogP contribution in [0.4, 0.5) is 13.9 Å². The van der Waals surface area contributed by atoms with Crippen LogP contribution in [0.5, 0.6) is 0 Å². The Kier molecular flexibility index (Phi) is 6.36. The van der Waals surface area contributed by atoms with Crippen molar-refractivity contribution in [3.8, 4) is 0 Å². The minimum atomic E-state index is -0.866. The molecular formula is C21H23F2N3OS. The highest BCUT2D eigenvalue weighted by atomic mass is 32.1. The van der Waals surface area contributed by atoms with Crippen LogP contribution in [0.2, 0.25) is 0 Å². The van der Waals surface area contributed by atoms with Crippen LogP contribution in [0.15, 0.2) is 36.4 Å². The summed E-state index contributed by atoms with van der Waals surface area (Å²) in [4.78, 5) is 21.2. The van der Waals surface area contributed by atoms with Gasteiger partial charge in [-0.3, -0.25) is 9.69 Å². The molecule has 0 unspecified atom stereocenters. The van der Waals surface area contributed by atoms with Crippen molar-refractivity contribution >= 4 is 32.6 Å². The summed E-state index contributed by atoms with van der Waals surface area (Å²) in [5.41, 5.74) is 1.31. The molecule has 0 atom stereocenters. The van der Waals surface area contributed by atoms with Gasteiger partial charge < -0.3 is 4.90 Å². The fourth-order valence-corrected chi connectivity index (χ4v) is 4.13. The number of carbonyl (C=O) groups excluding carboxylic acids is 1. The molecule has 0 aliphatic carbocycles. The predicted molar refractivity (Wildman–Crippen MR) is 110 cm³/mol. The van der Waals surface area contributed by atoms with Gasteiger partial charge in [0.1, 0.15) is 17.2 Å². The molecule has 4 nitrogen and oxygen atoms in total. The lowest BCUT2D eigenvalue weighted by Crippen LogP contribution is -2.39. The van der Waals surface area contributed by atoms with Crippen molar-refractivity contribution in [3.63, 3.8) is 0 Å². The number of likely N-dealkylation sites (N-methyl/N-ethyl adjacent to an activating group) is 1. The van der Waals surface area contributed by atoms with Crippen LogP contribution in [0, 0.1) is 18.6 Å². The van der Waals surface area contributed by atoms with Gasteiger partial charge in [0.2, 0.25) is 0 Å². The maximum absolute atomic E-state index is 14.3. The number of thiazole rings is 1. The normalized spacial score (nSPS) is 11.4. The maximum atomic E-state index is 14.3. The quantitative estimate of drug-likeness (QED) is 0.565. The van der Waals surface area contributed by atoms with E-state index in [-0.39, 0.29) is 0 Å². The molecule has 0 N–H and O–H groups in total. The number of hydrogen-bond donors (Lipinski definition) is 0. The number of anilines is 1. The fraction of sp³-hybridized carbons (Fsp3) is 0.333. The van der Waals surface area contributed by atoms with Gasteiger partial charge >= 0.3 is 0 Å². The van der Waals surface area contributed by atoms with E-state index >= 15 is 0 Å². The summed E-state index contributed by atoms with van der Waals surface area (Å²) in [7, 11) is 0. The lowest BCUT2D eigenvalue weighted by molar-refractivity contribution is 0.0975. The van der Waals surface area contributed by atoms with Crippen LogP contribution in [0.3, 0.4) is 0 Å². The average molecular weight is 403 g/mol. The van der Waals surface area contributed by atoms with Gasteiger partial charge in [-0.1, -0.05) is 37.3 Å². The lowest BCUT2D eigenvalue weighted by atomic mass is 10.1. The highest BCUT2D eigenvalue weighted by molar-refractivity contribution is 7.22. The zero-order valence-electron chi connectivity index (χ0n) is 16.2. The minimum Gasteiger partial charge on any atom is -0.302 e. The zero-order chi connectivity index (χ0) is 20.3. The standard InChI is InChI=1S/C21H23F2N3OS/c1-4-25(5-2)11-12-26(20(27)19-15(22)7-6-8-16(19)23)21-24-17-10-9-14(3)13-18(17)28-21/h6-10,13H,4-5,11-12H2,1-3H3. The molecule has 0 radical (unpaired) electrons. The number of nitrogens with zero attached hydrogens (tertiary/aromatic N) is 3. The predicted octanol–water partition coefficient (Wildman–Crippen LogP) is 4.87. The van der Waals surface area contributed by atoms with Gasteiger partial charge in [0.05, 0.1) is 10.2 Å². The molecule has 1 heterocycles. The average Bonchev–Trinajstić information content (AvgIpc) is 3.07. The van der Waals surface area contributed by atoms with Gasteiger partial charge in [-0.25, -0.2) is 13.8 Å². The fourth-order valence-electron chi connectivity index (χ4n) is 3.04. The van der Waals surface area contributed by atoms with E-state index in [0.29, 0.717) is 18.2 Å². The lowest BCUT2D eigenvalue weighted by Gasteiger charge is -2.25. The van der Waals surface area contributed by atoms with Crippen molar-refractivity contribution in [1.29, 1.82) is 0 Å². The Bertz CT molecular complexity index is 965. The molecular weight excluding hydrogens is 380 g/mol. The molecule has 28 heavy (non-hydrogen) atoms. The number of carbonyl (C=O) groups is 1. The van der Waals surface area contributed by atoms with E-state index in [0.717, 1.165) is 41.0 Å². The molecule has 1 aromatic heterocycles. The molecule has 7 heteroatoms. The van der Waals surface area contributed by atoms with Crippen molar-refractivity contribution in [1.82, 2.24) is 9.88 Å². The monoisotopic (exact) mass is 403 g/mol. The van der Waals surface area contributed by atoms with Gasteiger partial charge in [-0.15, -0.1) is 0 Å². The molecule has 3 rings (SSSR count). The van der Waals surface area contributed by atoms with Crippen molar-refractivity contribution < 1.29 is 13.6 Å². The largest absolute Gasteiger partial charge is 0.302 e. The Labute approximate surface area is 167 Å². The smallest absolute Gasteiger partial charge is 0.266 e. The number of halogens is 2. The molecule has 0 fully saturated rings. The Morgan fingerprint density at radius 3 is 2.39 bits per heavy atom. The van der Waals surface area contributed by atoms with Gasteiger partial charge in [-0.05, 0) is 49.8 Å². The summed E-state index contributed by atoms with van der Waals surface area (Å²) < 4.78 is 29.4. The van der Waals surface area contributed by atoms with E-state index in [1.807, 2.05) is 39.0 Å². The number of rotatable bonds is 7. The number of aromatic nitrogens is 1. The summed E-state index contributed by atoms with van der Waals surface area (Å²) in [5.74, 6) is -2.44. The van der Waals surface area contributed by atoms with Crippen LogP contribution in [-0.2, 0) is 0 Å². The Morgan fingerprint density at radius 2 is 1.75 bits per heavy atom. The second-order valence-electron chi connectivity index (χ2n) is 6.55. The van der Waals surface area contributed by atoms with E-state index in [4.69, 9.17) is 0 Å². The Hall–Kier alpha value is -2.38. The highest BCUT2D eigenvalue weighted by Crippen LogP contribution is 2.31. The SMILES string of the molecule is CCN(CC)CCN(C(=O)c1c(F)cccc1F)c1nc2ccc(C)cc2s1. The number of hydrogen-bond acceptors (Lipinski definition) is 4. The van der Waals surface area contributed by atoms with Crippen LogP contribution in [-0.4, -0.2) is 42.0 Å². The van der Waals surface area contributed by atoms with Gasteiger partial charge in [-0.2, -0.15) is 0 Å². The summed E-state index contributed by atoms with van der Waals surface area (Å²) in [6.45, 7) is 8.59. The van der Waals surface area contributed by atoms with E-state index in [1.165, 1.54) is 22.3 Å². The first-order chi connectivity index (χ1) is 13.4. The molecule has 0 spiro atoms. The first-order valence-electron chi connectivity index (χ1n) is 9.30. The molecule has 0 bridgehead atoms. The zero-order valence-corrected chi connectivity index (χ0v) is 17.0. The van der Waals surface area contributed by atoms with Crippen LogP contribution >= 0.6 is 11.3 Å². The van der Waals surface area contributed by atoms with E-state index in [9.17, 15) is 13.6 Å². The first kappa shape index (κ1) is 20.4. The third-order valence-electron chi connectivity index (χ3n) is 4.72. The van der Waals surface area contributed by atoms with Crippen LogP contribution < -0.4 is 4.90 Å². The minimum absolute atomic E-state index is 0.299. The third-order valence-corrected chi connectivity index (χ3v) is 5.76. The van der Waals surface area contributed by atoms with Crippen LogP contribution in [0.1, 0.15) is 29.8 Å². The molecule has 2 aromatic carbocycles.